The lowest BCUT2D eigenvalue weighted by Crippen LogP contribution is -2.48. The fourth-order valence-electron chi connectivity index (χ4n) is 5.69. The Bertz CT molecular complexity index is 1220. The van der Waals surface area contributed by atoms with Crippen LogP contribution < -0.4 is 15.9 Å². The predicted molar refractivity (Wildman–Crippen MR) is 137 cm³/mol. The number of benzene rings is 3. The first kappa shape index (κ1) is 19.9. The summed E-state index contributed by atoms with van der Waals surface area (Å²) in [5, 5.41) is 4.14. The monoisotopic (exact) mass is 433 g/mol. The SMILES string of the molecule is CC1(C)[C@H]2Cc3ccc(-c4ccccc4P(c4ccccc4)c4ccccc4)nc3[C@@H]1C2. The molecule has 158 valence electrons. The molecule has 4 aromatic rings. The molecule has 0 saturated heterocycles. The molecule has 3 aromatic carbocycles. The van der Waals surface area contributed by atoms with E-state index >= 15 is 0 Å². The van der Waals surface area contributed by atoms with Gasteiger partial charge in [-0.3, -0.25) is 4.98 Å². The van der Waals surface area contributed by atoms with Crippen LogP contribution in [-0.4, -0.2) is 4.98 Å². The van der Waals surface area contributed by atoms with Gasteiger partial charge in [0.1, 0.15) is 0 Å². The van der Waals surface area contributed by atoms with Gasteiger partial charge in [0.25, 0.3) is 0 Å². The highest BCUT2D eigenvalue weighted by Crippen LogP contribution is 2.61. The summed E-state index contributed by atoms with van der Waals surface area (Å²) in [5.74, 6) is 1.43. The van der Waals surface area contributed by atoms with Gasteiger partial charge in [0.05, 0.1) is 5.69 Å². The third-order valence-electron chi connectivity index (χ3n) is 7.73. The minimum atomic E-state index is -0.662. The normalized spacial score (nSPS) is 20.5. The summed E-state index contributed by atoms with van der Waals surface area (Å²) in [6.07, 6.45) is 2.49. The molecule has 3 aliphatic carbocycles. The van der Waals surface area contributed by atoms with Gasteiger partial charge in [-0.2, -0.15) is 0 Å². The highest BCUT2D eigenvalue weighted by Gasteiger charge is 2.53. The van der Waals surface area contributed by atoms with Crippen molar-refractivity contribution >= 4 is 23.8 Å². The van der Waals surface area contributed by atoms with Crippen molar-refractivity contribution in [1.29, 1.82) is 0 Å². The van der Waals surface area contributed by atoms with E-state index in [9.17, 15) is 0 Å². The maximum atomic E-state index is 5.34. The van der Waals surface area contributed by atoms with Crippen LogP contribution >= 0.6 is 7.92 Å². The zero-order valence-electron chi connectivity index (χ0n) is 18.7. The Hall–Kier alpha value is -2.76. The summed E-state index contributed by atoms with van der Waals surface area (Å²) in [6.45, 7) is 4.86. The van der Waals surface area contributed by atoms with Crippen molar-refractivity contribution in [1.82, 2.24) is 4.98 Å². The van der Waals surface area contributed by atoms with Crippen molar-refractivity contribution in [2.75, 3.05) is 0 Å². The van der Waals surface area contributed by atoms with E-state index in [1.165, 1.54) is 45.6 Å². The summed E-state index contributed by atoms with van der Waals surface area (Å²) < 4.78 is 0. The molecule has 0 N–H and O–H groups in total. The van der Waals surface area contributed by atoms with Crippen LogP contribution in [0.15, 0.2) is 97.1 Å². The van der Waals surface area contributed by atoms with Gasteiger partial charge in [-0.15, -0.1) is 0 Å². The smallest absolute Gasteiger partial charge is 0.0712 e. The van der Waals surface area contributed by atoms with Gasteiger partial charge in [0.2, 0.25) is 0 Å². The molecule has 2 bridgehead atoms. The van der Waals surface area contributed by atoms with Crippen LogP contribution in [0.2, 0.25) is 0 Å². The zero-order chi connectivity index (χ0) is 21.7. The highest BCUT2D eigenvalue weighted by atomic mass is 31.1. The van der Waals surface area contributed by atoms with Crippen LogP contribution in [0.4, 0.5) is 0 Å². The molecule has 0 amide bonds. The molecule has 0 radical (unpaired) electrons. The van der Waals surface area contributed by atoms with Crippen molar-refractivity contribution < 1.29 is 0 Å². The maximum absolute atomic E-state index is 5.34. The molecule has 7 rings (SSSR count). The molecule has 2 heteroatoms. The number of nitrogens with zero attached hydrogens (tertiary/aromatic N) is 1. The van der Waals surface area contributed by atoms with Gasteiger partial charge in [-0.25, -0.2) is 0 Å². The number of aromatic nitrogens is 1. The van der Waals surface area contributed by atoms with E-state index in [0.29, 0.717) is 11.3 Å². The number of hydrogen-bond acceptors (Lipinski definition) is 1. The minimum Gasteiger partial charge on any atom is -0.252 e. The lowest BCUT2D eigenvalue weighted by atomic mass is 9.48. The lowest BCUT2D eigenvalue weighted by Gasteiger charge is -2.56. The summed E-state index contributed by atoms with van der Waals surface area (Å²) in [6, 6.07) is 35.4. The Morgan fingerprint density at radius 1 is 0.750 bits per heavy atom. The molecular weight excluding hydrogens is 405 g/mol. The first-order valence-corrected chi connectivity index (χ1v) is 13.0. The van der Waals surface area contributed by atoms with Gasteiger partial charge in [-0.05, 0) is 59.6 Å². The second-order valence-electron chi connectivity index (χ2n) is 9.78. The van der Waals surface area contributed by atoms with E-state index in [4.69, 9.17) is 4.98 Å². The number of hydrogen-bond donors (Lipinski definition) is 0. The van der Waals surface area contributed by atoms with Crippen molar-refractivity contribution in [2.45, 2.75) is 32.6 Å². The van der Waals surface area contributed by atoms with E-state index in [0.717, 1.165) is 11.6 Å². The molecule has 0 spiro atoms. The average molecular weight is 434 g/mol. The zero-order valence-corrected chi connectivity index (χ0v) is 19.6. The third-order valence-corrected chi connectivity index (χ3v) is 10.2. The molecule has 2 atom stereocenters. The summed E-state index contributed by atoms with van der Waals surface area (Å²) in [7, 11) is -0.662. The third kappa shape index (κ3) is 3.14. The molecule has 1 fully saturated rings. The molecule has 0 aliphatic heterocycles. The van der Waals surface area contributed by atoms with Gasteiger partial charge in [0, 0.05) is 17.2 Å². The molecule has 0 unspecified atom stereocenters. The van der Waals surface area contributed by atoms with E-state index in [2.05, 4.69) is 111 Å². The second kappa shape index (κ2) is 7.68. The van der Waals surface area contributed by atoms with Crippen LogP contribution in [0.1, 0.15) is 37.4 Å². The van der Waals surface area contributed by atoms with Crippen LogP contribution in [0.25, 0.3) is 11.3 Å². The second-order valence-corrected chi connectivity index (χ2v) is 12.0. The fourth-order valence-corrected chi connectivity index (χ4v) is 8.15. The highest BCUT2D eigenvalue weighted by molar-refractivity contribution is 7.80. The fraction of sp³-hybridized carbons (Fsp3) is 0.233. The average Bonchev–Trinajstić information content (AvgIpc) is 2.85. The van der Waals surface area contributed by atoms with Gasteiger partial charge >= 0.3 is 0 Å². The Morgan fingerprint density at radius 3 is 2.03 bits per heavy atom. The number of rotatable bonds is 4. The Balaban J connectivity index is 1.50. The molecule has 3 aliphatic rings. The van der Waals surface area contributed by atoms with Crippen LogP contribution in [0.3, 0.4) is 0 Å². The summed E-state index contributed by atoms with van der Waals surface area (Å²) in [4.78, 5) is 5.34. The molecule has 1 heterocycles. The first-order chi connectivity index (χ1) is 15.6. The summed E-state index contributed by atoms with van der Waals surface area (Å²) in [5.41, 5.74) is 5.61. The van der Waals surface area contributed by atoms with Crippen molar-refractivity contribution in [3.8, 4) is 11.3 Å². The molecule has 1 nitrogen and oxygen atoms in total. The standard InChI is InChI=1S/C30H28NP/c1-30(2)22-19-21-17-18-27(31-29(21)26(30)20-22)25-15-9-10-16-28(25)32(23-11-5-3-6-12-23)24-13-7-4-8-14-24/h3-18,22,26H,19-20H2,1-2H3/t22-,26-/m0/s1. The van der Waals surface area contributed by atoms with Crippen molar-refractivity contribution in [2.24, 2.45) is 11.3 Å². The van der Waals surface area contributed by atoms with E-state index < -0.39 is 7.92 Å². The van der Waals surface area contributed by atoms with Crippen LogP contribution in [-0.2, 0) is 6.42 Å². The van der Waals surface area contributed by atoms with Crippen molar-refractivity contribution in [3.05, 3.63) is 108 Å². The predicted octanol–water partition coefficient (Wildman–Crippen LogP) is 6.19. The Labute approximate surface area is 192 Å². The largest absolute Gasteiger partial charge is 0.252 e. The molecule has 1 saturated carbocycles. The molecule has 32 heavy (non-hydrogen) atoms. The lowest BCUT2D eigenvalue weighted by molar-refractivity contribution is 0.0156. The molecular formula is C30H28NP. The Morgan fingerprint density at radius 2 is 1.38 bits per heavy atom. The topological polar surface area (TPSA) is 12.9 Å². The Kier molecular flexibility index (Phi) is 4.77. The number of pyridine rings is 1. The van der Waals surface area contributed by atoms with Crippen LogP contribution in [0.5, 0.6) is 0 Å². The quantitative estimate of drug-likeness (QED) is 0.350. The van der Waals surface area contributed by atoms with Gasteiger partial charge in [-0.1, -0.05) is 105 Å². The minimum absolute atomic E-state index is 0.388. The summed E-state index contributed by atoms with van der Waals surface area (Å²) >= 11 is 0. The van der Waals surface area contributed by atoms with Crippen molar-refractivity contribution in [3.63, 3.8) is 0 Å². The van der Waals surface area contributed by atoms with Gasteiger partial charge < -0.3 is 0 Å². The molecule has 1 aromatic heterocycles. The van der Waals surface area contributed by atoms with E-state index in [-0.39, 0.29) is 0 Å². The first-order valence-electron chi connectivity index (χ1n) is 11.6. The van der Waals surface area contributed by atoms with E-state index in [1.54, 1.807) is 0 Å². The van der Waals surface area contributed by atoms with E-state index in [1.807, 2.05) is 0 Å². The van der Waals surface area contributed by atoms with Gasteiger partial charge in [0.15, 0.2) is 0 Å². The van der Waals surface area contributed by atoms with Crippen LogP contribution in [0, 0.1) is 11.3 Å². The maximum Gasteiger partial charge on any atom is 0.0712 e.